The number of hydrogen-bond donors (Lipinski definition) is 1. The van der Waals surface area contributed by atoms with Crippen LogP contribution in [0.4, 0.5) is 4.39 Å². The van der Waals surface area contributed by atoms with Gasteiger partial charge in [0, 0.05) is 11.6 Å². The van der Waals surface area contributed by atoms with Crippen molar-refractivity contribution in [1.82, 2.24) is 10.5 Å². The van der Waals surface area contributed by atoms with E-state index in [1.807, 2.05) is 0 Å². The maximum atomic E-state index is 12.9. The summed E-state index contributed by atoms with van der Waals surface area (Å²) in [6, 6.07) is 10.8. The van der Waals surface area contributed by atoms with Crippen LogP contribution in [0.15, 0.2) is 56.1 Å². The van der Waals surface area contributed by atoms with E-state index in [-0.39, 0.29) is 24.0 Å². The Morgan fingerprint density at radius 1 is 1.23 bits per heavy atom. The zero-order chi connectivity index (χ0) is 15.5. The Labute approximate surface area is 133 Å². The van der Waals surface area contributed by atoms with Crippen LogP contribution in [-0.4, -0.2) is 11.1 Å². The molecular weight excluding hydrogens is 355 g/mol. The lowest BCUT2D eigenvalue weighted by Crippen LogP contribution is -2.22. The summed E-state index contributed by atoms with van der Waals surface area (Å²) in [5, 5.41) is 6.53. The number of furan rings is 1. The Kier molecular flexibility index (Phi) is 4.06. The topological polar surface area (TPSA) is 68.3 Å². The maximum absolute atomic E-state index is 12.9. The Balaban J connectivity index is 1.64. The van der Waals surface area contributed by atoms with Gasteiger partial charge in [0.25, 0.3) is 5.91 Å². The van der Waals surface area contributed by atoms with E-state index < -0.39 is 0 Å². The summed E-state index contributed by atoms with van der Waals surface area (Å²) in [6.45, 7) is 0.196. The molecule has 0 unspecified atom stereocenters. The van der Waals surface area contributed by atoms with Crippen LogP contribution in [-0.2, 0) is 6.54 Å². The monoisotopic (exact) mass is 364 g/mol. The van der Waals surface area contributed by atoms with Gasteiger partial charge in [-0.3, -0.25) is 4.79 Å². The fourth-order valence-corrected chi connectivity index (χ4v) is 2.15. The van der Waals surface area contributed by atoms with E-state index in [9.17, 15) is 9.18 Å². The largest absolute Gasteiger partial charge is 0.444 e. The summed E-state index contributed by atoms with van der Waals surface area (Å²) in [5.41, 5.74) is 1.26. The molecule has 0 fully saturated rings. The second-order valence-electron chi connectivity index (χ2n) is 4.48. The molecule has 0 atom stereocenters. The molecule has 0 bridgehead atoms. The zero-order valence-corrected chi connectivity index (χ0v) is 12.8. The zero-order valence-electron chi connectivity index (χ0n) is 11.2. The second-order valence-corrected chi connectivity index (χ2v) is 5.26. The third-order valence-corrected chi connectivity index (χ3v) is 3.34. The van der Waals surface area contributed by atoms with E-state index in [0.29, 0.717) is 21.7 Å². The molecule has 1 N–H and O–H groups in total. The van der Waals surface area contributed by atoms with E-state index in [2.05, 4.69) is 26.4 Å². The summed E-state index contributed by atoms with van der Waals surface area (Å²) in [4.78, 5) is 11.8. The molecule has 0 aliphatic carbocycles. The molecule has 0 radical (unpaired) electrons. The van der Waals surface area contributed by atoms with Gasteiger partial charge in [-0.05, 0) is 52.3 Å². The van der Waals surface area contributed by atoms with Gasteiger partial charge in [-0.15, -0.1) is 0 Å². The van der Waals surface area contributed by atoms with Gasteiger partial charge >= 0.3 is 0 Å². The van der Waals surface area contributed by atoms with Crippen molar-refractivity contribution in [2.45, 2.75) is 6.54 Å². The van der Waals surface area contributed by atoms with Gasteiger partial charge in [0.1, 0.15) is 11.5 Å². The van der Waals surface area contributed by atoms with Crippen molar-refractivity contribution in [1.29, 1.82) is 0 Å². The number of aromatic nitrogens is 1. The Morgan fingerprint density at radius 2 is 2.00 bits per heavy atom. The number of halogens is 2. The predicted octanol–water partition coefficient (Wildman–Crippen LogP) is 3.77. The number of benzene rings is 1. The fraction of sp³-hybridized carbons (Fsp3) is 0.0667. The van der Waals surface area contributed by atoms with Crippen molar-refractivity contribution in [3.05, 3.63) is 64.4 Å². The van der Waals surface area contributed by atoms with Gasteiger partial charge in [-0.25, -0.2) is 4.39 Å². The molecule has 3 rings (SSSR count). The molecule has 22 heavy (non-hydrogen) atoms. The molecule has 0 aliphatic rings. The van der Waals surface area contributed by atoms with Gasteiger partial charge < -0.3 is 14.3 Å². The Hall–Kier alpha value is -2.41. The van der Waals surface area contributed by atoms with Crippen LogP contribution in [0.1, 0.15) is 16.2 Å². The van der Waals surface area contributed by atoms with E-state index in [1.165, 1.54) is 12.1 Å². The minimum atomic E-state index is -0.350. The molecular formula is C15H10BrFN2O3. The molecule has 2 heterocycles. The van der Waals surface area contributed by atoms with E-state index >= 15 is 0 Å². The van der Waals surface area contributed by atoms with Gasteiger partial charge in [0.2, 0.25) is 0 Å². The summed E-state index contributed by atoms with van der Waals surface area (Å²) in [6.07, 6.45) is 0. The van der Waals surface area contributed by atoms with Crippen LogP contribution in [0.2, 0.25) is 0 Å². The van der Waals surface area contributed by atoms with Crippen LogP contribution in [0.25, 0.3) is 11.3 Å². The highest BCUT2D eigenvalue weighted by molar-refractivity contribution is 9.10. The van der Waals surface area contributed by atoms with Crippen LogP contribution < -0.4 is 5.32 Å². The molecule has 7 heteroatoms. The maximum Gasteiger partial charge on any atom is 0.287 e. The molecule has 3 aromatic rings. The molecule has 5 nitrogen and oxygen atoms in total. The first-order chi connectivity index (χ1) is 10.6. The van der Waals surface area contributed by atoms with Crippen LogP contribution >= 0.6 is 15.9 Å². The quantitative estimate of drug-likeness (QED) is 0.764. The van der Waals surface area contributed by atoms with Crippen molar-refractivity contribution < 1.29 is 18.1 Å². The van der Waals surface area contributed by atoms with Gasteiger partial charge in [-0.1, -0.05) is 5.16 Å². The number of carbonyl (C=O) groups is 1. The molecule has 1 amide bonds. The fourth-order valence-electron chi connectivity index (χ4n) is 1.84. The predicted molar refractivity (Wildman–Crippen MR) is 79.5 cm³/mol. The minimum absolute atomic E-state index is 0.196. The molecule has 1 aromatic carbocycles. The SMILES string of the molecule is O=C(NCc1cc(-c2ccc(F)cc2)on1)c1ccc(Br)o1. The highest BCUT2D eigenvalue weighted by atomic mass is 79.9. The van der Waals surface area contributed by atoms with Crippen LogP contribution in [0, 0.1) is 5.82 Å². The molecule has 0 aliphatic heterocycles. The lowest BCUT2D eigenvalue weighted by Gasteiger charge is -1.98. The molecule has 0 saturated heterocycles. The molecule has 0 saturated carbocycles. The van der Waals surface area contributed by atoms with Crippen molar-refractivity contribution >= 4 is 21.8 Å². The van der Waals surface area contributed by atoms with Crippen molar-refractivity contribution in [3.63, 3.8) is 0 Å². The summed E-state index contributed by atoms with van der Waals surface area (Å²) in [5.74, 6) is 0.0384. The number of amides is 1. The first kappa shape index (κ1) is 14.5. The molecule has 112 valence electrons. The number of carbonyl (C=O) groups excluding carboxylic acids is 1. The molecule has 2 aromatic heterocycles. The summed E-state index contributed by atoms with van der Waals surface area (Å²) in [7, 11) is 0. The lowest BCUT2D eigenvalue weighted by atomic mass is 10.1. The van der Waals surface area contributed by atoms with Crippen molar-refractivity contribution in [3.8, 4) is 11.3 Å². The normalized spacial score (nSPS) is 10.6. The van der Waals surface area contributed by atoms with Crippen LogP contribution in [0.5, 0.6) is 0 Å². The number of hydrogen-bond acceptors (Lipinski definition) is 4. The summed E-state index contributed by atoms with van der Waals surface area (Å²) >= 11 is 3.13. The summed E-state index contributed by atoms with van der Waals surface area (Å²) < 4.78 is 23.7. The van der Waals surface area contributed by atoms with Crippen molar-refractivity contribution in [2.75, 3.05) is 0 Å². The van der Waals surface area contributed by atoms with Gasteiger partial charge in [-0.2, -0.15) is 0 Å². The third kappa shape index (κ3) is 3.25. The van der Waals surface area contributed by atoms with Gasteiger partial charge in [0.05, 0.1) is 6.54 Å². The van der Waals surface area contributed by atoms with Crippen LogP contribution in [0.3, 0.4) is 0 Å². The second kappa shape index (κ2) is 6.15. The highest BCUT2D eigenvalue weighted by Gasteiger charge is 2.12. The number of rotatable bonds is 4. The van der Waals surface area contributed by atoms with E-state index in [1.54, 1.807) is 30.3 Å². The van der Waals surface area contributed by atoms with E-state index in [4.69, 9.17) is 8.94 Å². The third-order valence-electron chi connectivity index (χ3n) is 2.91. The first-order valence-electron chi connectivity index (χ1n) is 6.37. The Bertz CT molecular complexity index is 795. The first-order valence-corrected chi connectivity index (χ1v) is 7.16. The number of nitrogens with zero attached hydrogens (tertiary/aromatic N) is 1. The Morgan fingerprint density at radius 3 is 2.68 bits per heavy atom. The van der Waals surface area contributed by atoms with Gasteiger partial charge in [0.15, 0.2) is 16.2 Å². The smallest absolute Gasteiger partial charge is 0.287 e. The highest BCUT2D eigenvalue weighted by Crippen LogP contribution is 2.20. The average Bonchev–Trinajstić information content (AvgIpc) is 3.15. The number of nitrogens with one attached hydrogen (secondary N) is 1. The minimum Gasteiger partial charge on any atom is -0.444 e. The van der Waals surface area contributed by atoms with Crippen molar-refractivity contribution in [2.24, 2.45) is 0 Å². The lowest BCUT2D eigenvalue weighted by molar-refractivity contribution is 0.0921. The average molecular weight is 365 g/mol. The molecule has 0 spiro atoms. The standard InChI is InChI=1S/C15H10BrFN2O3/c16-14-6-5-12(21-14)15(20)18-8-11-7-13(22-19-11)9-1-3-10(17)4-2-9/h1-7H,8H2,(H,18,20). The van der Waals surface area contributed by atoms with E-state index in [0.717, 1.165) is 0 Å².